The Labute approximate surface area is 124 Å². The summed E-state index contributed by atoms with van der Waals surface area (Å²) in [6.07, 6.45) is -0.724. The Bertz CT molecular complexity index is 552. The van der Waals surface area contributed by atoms with Crippen molar-refractivity contribution in [2.45, 2.75) is 6.10 Å². The maximum atomic E-state index is 11.6. The molecule has 106 valence electrons. The van der Waals surface area contributed by atoms with Crippen molar-refractivity contribution >= 4 is 34.5 Å². The van der Waals surface area contributed by atoms with Crippen molar-refractivity contribution in [3.8, 4) is 0 Å². The molecule has 2 heterocycles. The van der Waals surface area contributed by atoms with E-state index in [1.54, 1.807) is 23.6 Å². The lowest BCUT2D eigenvalue weighted by atomic mass is 10.2. The Kier molecular flexibility index (Phi) is 5.28. The zero-order chi connectivity index (χ0) is 14.4. The zero-order valence-electron chi connectivity index (χ0n) is 10.5. The fourth-order valence-electron chi connectivity index (χ4n) is 1.51. The number of hydrogen-bond donors (Lipinski definition) is 3. The highest BCUT2D eigenvalue weighted by molar-refractivity contribution is 7.12. The van der Waals surface area contributed by atoms with E-state index in [1.807, 2.05) is 10.8 Å². The van der Waals surface area contributed by atoms with Crippen LogP contribution in [0, 0.1) is 0 Å². The van der Waals surface area contributed by atoms with Crippen molar-refractivity contribution in [3.63, 3.8) is 0 Å². The molecule has 0 aliphatic carbocycles. The van der Waals surface area contributed by atoms with Crippen molar-refractivity contribution in [2.24, 2.45) is 0 Å². The third kappa shape index (κ3) is 4.16. The van der Waals surface area contributed by atoms with Crippen LogP contribution >= 0.6 is 22.7 Å². The molecule has 2 aromatic heterocycles. The number of aliphatic hydroxyl groups is 1. The summed E-state index contributed by atoms with van der Waals surface area (Å²) in [6.45, 7) is 0.0253. The second kappa shape index (κ2) is 7.18. The maximum absolute atomic E-state index is 11.6. The molecule has 0 saturated heterocycles. The van der Waals surface area contributed by atoms with Crippen molar-refractivity contribution in [1.82, 2.24) is 10.6 Å². The minimum absolute atomic E-state index is 0.104. The average Bonchev–Trinajstić information content (AvgIpc) is 3.14. The van der Waals surface area contributed by atoms with Crippen molar-refractivity contribution < 1.29 is 14.7 Å². The smallest absolute Gasteiger partial charge is 0.261 e. The summed E-state index contributed by atoms with van der Waals surface area (Å²) < 4.78 is 0. The second-order valence-electron chi connectivity index (χ2n) is 4.04. The van der Waals surface area contributed by atoms with E-state index < -0.39 is 6.10 Å². The number of rotatable bonds is 6. The Hall–Kier alpha value is -1.70. The Morgan fingerprint density at radius 3 is 2.75 bits per heavy atom. The monoisotopic (exact) mass is 310 g/mol. The van der Waals surface area contributed by atoms with Gasteiger partial charge in [-0.25, -0.2) is 0 Å². The Morgan fingerprint density at radius 1 is 1.25 bits per heavy atom. The predicted molar refractivity (Wildman–Crippen MR) is 78.9 cm³/mol. The lowest BCUT2D eigenvalue weighted by molar-refractivity contribution is -0.120. The van der Waals surface area contributed by atoms with Gasteiger partial charge in [0.2, 0.25) is 5.91 Å². The first-order chi connectivity index (χ1) is 9.66. The normalized spacial score (nSPS) is 11.8. The van der Waals surface area contributed by atoms with Gasteiger partial charge in [0.15, 0.2) is 0 Å². The quantitative estimate of drug-likeness (QED) is 0.754. The number of hydrogen-bond acceptors (Lipinski definition) is 5. The highest BCUT2D eigenvalue weighted by atomic mass is 32.1. The van der Waals surface area contributed by atoms with Crippen LogP contribution in [-0.4, -0.2) is 30.0 Å². The van der Waals surface area contributed by atoms with Crippen LogP contribution in [0.5, 0.6) is 0 Å². The molecule has 1 unspecified atom stereocenters. The van der Waals surface area contributed by atoms with Crippen molar-refractivity contribution in [3.05, 3.63) is 44.8 Å². The van der Waals surface area contributed by atoms with Crippen LogP contribution in [-0.2, 0) is 4.79 Å². The lowest BCUT2D eigenvalue weighted by Crippen LogP contribution is -2.38. The molecule has 0 spiro atoms. The van der Waals surface area contributed by atoms with Gasteiger partial charge in [0.05, 0.1) is 17.5 Å². The first-order valence-electron chi connectivity index (χ1n) is 5.95. The van der Waals surface area contributed by atoms with Crippen LogP contribution < -0.4 is 10.6 Å². The summed E-state index contributed by atoms with van der Waals surface area (Å²) in [7, 11) is 0. The van der Waals surface area contributed by atoms with E-state index in [2.05, 4.69) is 10.6 Å². The summed E-state index contributed by atoms with van der Waals surface area (Å²) in [5.74, 6) is -0.599. The largest absolute Gasteiger partial charge is 0.387 e. The fraction of sp³-hybridized carbons (Fsp3) is 0.231. The molecule has 0 saturated carbocycles. The molecule has 0 radical (unpaired) electrons. The van der Waals surface area contributed by atoms with Gasteiger partial charge in [-0.3, -0.25) is 9.59 Å². The van der Waals surface area contributed by atoms with Gasteiger partial charge in [0.1, 0.15) is 0 Å². The van der Waals surface area contributed by atoms with Gasteiger partial charge in [-0.2, -0.15) is 11.3 Å². The van der Waals surface area contributed by atoms with Crippen LogP contribution in [0.25, 0.3) is 0 Å². The summed E-state index contributed by atoms with van der Waals surface area (Å²) in [4.78, 5) is 23.7. The fourth-order valence-corrected chi connectivity index (χ4v) is 2.86. The van der Waals surface area contributed by atoms with Crippen LogP contribution in [0.15, 0.2) is 34.3 Å². The molecule has 0 aromatic carbocycles. The minimum Gasteiger partial charge on any atom is -0.387 e. The molecule has 2 aromatic rings. The van der Waals surface area contributed by atoms with Gasteiger partial charge in [0.25, 0.3) is 5.91 Å². The molecule has 1 atom stereocenters. The number of carbonyl (C=O) groups is 2. The molecule has 2 amide bonds. The number of aliphatic hydroxyl groups excluding tert-OH is 1. The van der Waals surface area contributed by atoms with Crippen LogP contribution in [0.4, 0.5) is 0 Å². The number of nitrogens with one attached hydrogen (secondary N) is 2. The summed E-state index contributed by atoms with van der Waals surface area (Å²) in [5, 5.41) is 20.4. The third-order valence-corrected chi connectivity index (χ3v) is 4.15. The van der Waals surface area contributed by atoms with E-state index >= 15 is 0 Å². The molecule has 0 bridgehead atoms. The molecule has 20 heavy (non-hydrogen) atoms. The first-order valence-corrected chi connectivity index (χ1v) is 7.77. The first kappa shape index (κ1) is 14.7. The minimum atomic E-state index is -0.724. The average molecular weight is 310 g/mol. The van der Waals surface area contributed by atoms with Gasteiger partial charge in [-0.1, -0.05) is 6.07 Å². The third-order valence-electron chi connectivity index (χ3n) is 2.58. The van der Waals surface area contributed by atoms with E-state index in [-0.39, 0.29) is 24.9 Å². The van der Waals surface area contributed by atoms with E-state index in [1.165, 1.54) is 22.7 Å². The molecule has 3 N–H and O–H groups in total. The molecule has 0 aliphatic rings. The van der Waals surface area contributed by atoms with E-state index in [4.69, 9.17) is 0 Å². The van der Waals surface area contributed by atoms with E-state index in [0.717, 1.165) is 5.56 Å². The van der Waals surface area contributed by atoms with E-state index in [9.17, 15) is 14.7 Å². The van der Waals surface area contributed by atoms with Crippen molar-refractivity contribution in [1.29, 1.82) is 0 Å². The topological polar surface area (TPSA) is 78.4 Å². The standard InChI is InChI=1S/C13H14N2O3S2/c16-10(9-3-5-19-8-9)6-14-12(17)7-15-13(18)11-2-1-4-20-11/h1-5,8,10,16H,6-7H2,(H,14,17)(H,15,18). The highest BCUT2D eigenvalue weighted by Crippen LogP contribution is 2.14. The van der Waals surface area contributed by atoms with Gasteiger partial charge in [-0.05, 0) is 33.8 Å². The van der Waals surface area contributed by atoms with Crippen LogP contribution in [0.1, 0.15) is 21.3 Å². The SMILES string of the molecule is O=C(CNC(=O)c1cccs1)NCC(O)c1ccsc1. The second-order valence-corrected chi connectivity index (χ2v) is 5.76. The van der Waals surface area contributed by atoms with E-state index in [0.29, 0.717) is 4.88 Å². The molecule has 2 rings (SSSR count). The molecule has 0 fully saturated rings. The summed E-state index contributed by atoms with van der Waals surface area (Å²) in [6, 6.07) is 5.27. The van der Waals surface area contributed by atoms with Gasteiger partial charge >= 0.3 is 0 Å². The van der Waals surface area contributed by atoms with Gasteiger partial charge < -0.3 is 15.7 Å². The van der Waals surface area contributed by atoms with Crippen LogP contribution in [0.2, 0.25) is 0 Å². The molecular weight excluding hydrogens is 296 g/mol. The molecule has 0 aliphatic heterocycles. The highest BCUT2D eigenvalue weighted by Gasteiger charge is 2.11. The van der Waals surface area contributed by atoms with Crippen LogP contribution in [0.3, 0.4) is 0 Å². The number of amides is 2. The summed E-state index contributed by atoms with van der Waals surface area (Å²) in [5.41, 5.74) is 0.776. The number of carbonyl (C=O) groups excluding carboxylic acids is 2. The Morgan fingerprint density at radius 2 is 2.10 bits per heavy atom. The molecule has 5 nitrogen and oxygen atoms in total. The zero-order valence-corrected chi connectivity index (χ0v) is 12.2. The van der Waals surface area contributed by atoms with Crippen molar-refractivity contribution in [2.75, 3.05) is 13.1 Å². The maximum Gasteiger partial charge on any atom is 0.261 e. The predicted octanol–water partition coefficient (Wildman–Crippen LogP) is 1.39. The van der Waals surface area contributed by atoms with Gasteiger partial charge in [-0.15, -0.1) is 11.3 Å². The lowest BCUT2D eigenvalue weighted by Gasteiger charge is -2.10. The molecule has 7 heteroatoms. The Balaban J connectivity index is 1.69. The summed E-state index contributed by atoms with van der Waals surface area (Å²) >= 11 is 2.80. The number of thiophene rings is 2. The van der Waals surface area contributed by atoms with Gasteiger partial charge in [0, 0.05) is 6.54 Å². The molecular formula is C13H14N2O3S2.